The van der Waals surface area contributed by atoms with Crippen LogP contribution in [0.1, 0.15) is 309 Å². The van der Waals surface area contributed by atoms with E-state index in [2.05, 4.69) is 31.3 Å². The number of unbranched alkanes of at least 4 members (excludes halogenated alkanes) is 39. The van der Waals surface area contributed by atoms with E-state index in [4.69, 9.17) is 4.74 Å². The molecule has 6 nitrogen and oxygen atoms in total. The van der Waals surface area contributed by atoms with E-state index in [1.807, 2.05) is 0 Å². The van der Waals surface area contributed by atoms with E-state index in [9.17, 15) is 19.8 Å². The zero-order valence-electron chi connectivity index (χ0n) is 41.9. The maximum absolute atomic E-state index is 12.4. The topological polar surface area (TPSA) is 95.9 Å². The quantitative estimate of drug-likeness (QED) is 0.0321. The molecule has 3 N–H and O–H groups in total. The number of carbonyl (C=O) groups is 2. The first-order valence-corrected chi connectivity index (χ1v) is 27.9. The van der Waals surface area contributed by atoms with Crippen molar-refractivity contribution in [1.29, 1.82) is 0 Å². The maximum Gasteiger partial charge on any atom is 0.305 e. The summed E-state index contributed by atoms with van der Waals surface area (Å²) in [7, 11) is 0. The van der Waals surface area contributed by atoms with Gasteiger partial charge in [-0.25, -0.2) is 0 Å². The van der Waals surface area contributed by atoms with Gasteiger partial charge < -0.3 is 20.3 Å². The van der Waals surface area contributed by atoms with E-state index in [0.717, 1.165) is 70.6 Å². The Morgan fingerprint density at radius 2 is 0.758 bits per heavy atom. The second kappa shape index (κ2) is 52.2. The fourth-order valence-electron chi connectivity index (χ4n) is 8.75. The normalized spacial score (nSPS) is 12.6. The molecule has 0 aromatic heterocycles. The highest BCUT2D eigenvalue weighted by molar-refractivity contribution is 5.76. The second-order valence-corrected chi connectivity index (χ2v) is 19.3. The van der Waals surface area contributed by atoms with Crippen LogP contribution in [-0.2, 0) is 14.3 Å². The third kappa shape index (κ3) is 48.1. The van der Waals surface area contributed by atoms with Crippen molar-refractivity contribution < 1.29 is 24.5 Å². The smallest absolute Gasteiger partial charge is 0.305 e. The summed E-state index contributed by atoms with van der Waals surface area (Å²) in [6.45, 7) is 4.93. The Balaban J connectivity index is 3.46. The van der Waals surface area contributed by atoms with E-state index >= 15 is 0 Å². The summed E-state index contributed by atoms with van der Waals surface area (Å²) in [5, 5.41) is 23.2. The Hall–Kier alpha value is -1.40. The summed E-state index contributed by atoms with van der Waals surface area (Å²) >= 11 is 0. The van der Waals surface area contributed by atoms with Crippen LogP contribution in [0.3, 0.4) is 0 Å². The van der Waals surface area contributed by atoms with Crippen LogP contribution in [0.2, 0.25) is 0 Å². The van der Waals surface area contributed by atoms with Crippen molar-refractivity contribution in [3.63, 3.8) is 0 Å². The van der Waals surface area contributed by atoms with Crippen LogP contribution in [0.25, 0.3) is 0 Å². The highest BCUT2D eigenvalue weighted by atomic mass is 16.5. The number of aliphatic hydroxyl groups is 2. The van der Waals surface area contributed by atoms with Crippen molar-refractivity contribution in [2.75, 3.05) is 13.2 Å². The van der Waals surface area contributed by atoms with Crippen LogP contribution in [0.15, 0.2) is 12.2 Å². The minimum Gasteiger partial charge on any atom is -0.466 e. The summed E-state index contributed by atoms with van der Waals surface area (Å²) in [6.07, 6.45) is 60.5. The highest BCUT2D eigenvalue weighted by Crippen LogP contribution is 2.17. The molecule has 62 heavy (non-hydrogen) atoms. The van der Waals surface area contributed by atoms with Crippen LogP contribution < -0.4 is 5.32 Å². The molecule has 1 amide bonds. The summed E-state index contributed by atoms with van der Waals surface area (Å²) in [4.78, 5) is 24.5. The van der Waals surface area contributed by atoms with Gasteiger partial charge in [0.15, 0.2) is 0 Å². The molecular weight excluding hydrogens is 767 g/mol. The fraction of sp³-hybridized carbons (Fsp3) is 0.929. The number of allylic oxidation sites excluding steroid dienone is 2. The van der Waals surface area contributed by atoms with Crippen molar-refractivity contribution in [3.8, 4) is 0 Å². The molecular formula is C56H109NO5. The number of rotatable bonds is 52. The molecule has 0 heterocycles. The van der Waals surface area contributed by atoms with Gasteiger partial charge in [-0.15, -0.1) is 0 Å². The number of esters is 1. The third-order valence-corrected chi connectivity index (χ3v) is 13.1. The molecule has 0 saturated carbocycles. The van der Waals surface area contributed by atoms with Gasteiger partial charge in [-0.1, -0.05) is 257 Å². The molecule has 0 aliphatic rings. The zero-order valence-corrected chi connectivity index (χ0v) is 41.9. The standard InChI is InChI=1S/C56H109NO5/c1-3-5-7-9-11-13-15-17-19-20-22-26-30-34-38-42-46-50-56(61)62-51-47-43-39-35-31-27-23-25-29-33-37-41-45-49-55(60)57-53(52-58)54(59)48-44-40-36-32-28-24-21-18-16-14-12-10-8-6-4-2/h25,29,53-54,58-59H,3-24,26-28,30-52H2,1-2H3,(H,57,60)/b29-25-. The average molecular weight is 876 g/mol. The minimum atomic E-state index is -0.680. The molecule has 0 rings (SSSR count). The molecule has 2 atom stereocenters. The Morgan fingerprint density at radius 1 is 0.435 bits per heavy atom. The SMILES string of the molecule is CCCCCCCCCCCCCCCCCCCC(=O)OCCCCCCCC/C=C\CCCCCC(=O)NC(CO)C(O)CCCCCCCCCCCCCCCCC. The molecule has 0 spiro atoms. The van der Waals surface area contributed by atoms with Gasteiger partial charge in [0.05, 0.1) is 25.4 Å². The molecule has 0 saturated heterocycles. The van der Waals surface area contributed by atoms with E-state index in [-0.39, 0.29) is 18.5 Å². The van der Waals surface area contributed by atoms with Gasteiger partial charge >= 0.3 is 5.97 Å². The van der Waals surface area contributed by atoms with Crippen molar-refractivity contribution >= 4 is 11.9 Å². The van der Waals surface area contributed by atoms with Crippen molar-refractivity contribution in [1.82, 2.24) is 5.32 Å². The fourth-order valence-corrected chi connectivity index (χ4v) is 8.75. The van der Waals surface area contributed by atoms with E-state index in [1.165, 1.54) is 205 Å². The number of carbonyl (C=O) groups excluding carboxylic acids is 2. The first-order chi connectivity index (χ1) is 30.5. The first-order valence-electron chi connectivity index (χ1n) is 27.9. The predicted molar refractivity (Wildman–Crippen MR) is 269 cm³/mol. The lowest BCUT2D eigenvalue weighted by atomic mass is 10.0. The number of hydrogen-bond acceptors (Lipinski definition) is 5. The number of amides is 1. The zero-order chi connectivity index (χ0) is 45.1. The molecule has 0 aromatic rings. The molecule has 0 bridgehead atoms. The Labute approximate surface area is 387 Å². The number of nitrogens with one attached hydrogen (secondary N) is 1. The number of aliphatic hydroxyl groups excluding tert-OH is 2. The second-order valence-electron chi connectivity index (χ2n) is 19.3. The van der Waals surface area contributed by atoms with Crippen LogP contribution in [-0.4, -0.2) is 47.4 Å². The molecule has 0 aliphatic heterocycles. The van der Waals surface area contributed by atoms with Crippen LogP contribution in [0, 0.1) is 0 Å². The first kappa shape index (κ1) is 60.6. The molecule has 0 fully saturated rings. The Bertz CT molecular complexity index is 924. The average Bonchev–Trinajstić information content (AvgIpc) is 3.27. The molecule has 2 unspecified atom stereocenters. The van der Waals surface area contributed by atoms with Gasteiger partial charge in [-0.3, -0.25) is 9.59 Å². The number of hydrogen-bond donors (Lipinski definition) is 3. The largest absolute Gasteiger partial charge is 0.466 e. The highest BCUT2D eigenvalue weighted by Gasteiger charge is 2.20. The summed E-state index contributed by atoms with van der Waals surface area (Å²) < 4.78 is 5.47. The van der Waals surface area contributed by atoms with Gasteiger partial charge in [-0.2, -0.15) is 0 Å². The van der Waals surface area contributed by atoms with Crippen LogP contribution in [0.4, 0.5) is 0 Å². The third-order valence-electron chi connectivity index (χ3n) is 13.1. The lowest BCUT2D eigenvalue weighted by Crippen LogP contribution is -2.45. The predicted octanol–water partition coefficient (Wildman–Crippen LogP) is 16.9. The van der Waals surface area contributed by atoms with Gasteiger partial charge in [0, 0.05) is 12.8 Å². The molecule has 368 valence electrons. The van der Waals surface area contributed by atoms with Crippen molar-refractivity contribution in [2.45, 2.75) is 321 Å². The molecule has 0 aromatic carbocycles. The van der Waals surface area contributed by atoms with Crippen LogP contribution >= 0.6 is 0 Å². The van der Waals surface area contributed by atoms with Gasteiger partial charge in [-0.05, 0) is 51.4 Å². The van der Waals surface area contributed by atoms with Gasteiger partial charge in [0.25, 0.3) is 0 Å². The van der Waals surface area contributed by atoms with Crippen molar-refractivity contribution in [3.05, 3.63) is 12.2 Å². The molecule has 0 radical (unpaired) electrons. The van der Waals surface area contributed by atoms with Gasteiger partial charge in [0.1, 0.15) is 0 Å². The van der Waals surface area contributed by atoms with E-state index in [0.29, 0.717) is 25.9 Å². The van der Waals surface area contributed by atoms with E-state index in [1.54, 1.807) is 0 Å². The van der Waals surface area contributed by atoms with E-state index < -0.39 is 12.1 Å². The van der Waals surface area contributed by atoms with Crippen molar-refractivity contribution in [2.24, 2.45) is 0 Å². The minimum absolute atomic E-state index is 0.00814. The lowest BCUT2D eigenvalue weighted by Gasteiger charge is -2.22. The lowest BCUT2D eigenvalue weighted by molar-refractivity contribution is -0.143. The molecule has 6 heteroatoms. The molecule has 0 aliphatic carbocycles. The van der Waals surface area contributed by atoms with Crippen LogP contribution in [0.5, 0.6) is 0 Å². The Morgan fingerprint density at radius 3 is 1.16 bits per heavy atom. The monoisotopic (exact) mass is 876 g/mol. The number of ether oxygens (including phenoxy) is 1. The summed E-state index contributed by atoms with van der Waals surface area (Å²) in [5.41, 5.74) is 0. The summed E-state index contributed by atoms with van der Waals surface area (Å²) in [6, 6.07) is -0.560. The van der Waals surface area contributed by atoms with Gasteiger partial charge in [0.2, 0.25) is 5.91 Å². The summed E-state index contributed by atoms with van der Waals surface area (Å²) in [5.74, 6) is -0.0711. The maximum atomic E-state index is 12.4. The Kier molecular flexibility index (Phi) is 51.0.